The van der Waals surface area contributed by atoms with Crippen LogP contribution in [0.15, 0.2) is 27.6 Å². The Morgan fingerprint density at radius 2 is 2.07 bits per heavy atom. The van der Waals surface area contributed by atoms with E-state index in [1.165, 1.54) is 21.8 Å². The van der Waals surface area contributed by atoms with Gasteiger partial charge in [-0.25, -0.2) is 0 Å². The molecule has 0 N–H and O–H groups in total. The van der Waals surface area contributed by atoms with Crippen LogP contribution in [0.5, 0.6) is 5.75 Å². The van der Waals surface area contributed by atoms with Gasteiger partial charge >= 0.3 is 177 Å². The summed E-state index contributed by atoms with van der Waals surface area (Å²) in [6.45, 7) is 7.58. The Morgan fingerprint density at radius 1 is 1.32 bits per heavy atom. The van der Waals surface area contributed by atoms with Crippen molar-refractivity contribution in [3.05, 3.63) is 38.8 Å². The summed E-state index contributed by atoms with van der Waals surface area (Å²) in [7, 11) is 1.48. The van der Waals surface area contributed by atoms with Crippen LogP contribution in [0.1, 0.15) is 33.3 Å². The first-order chi connectivity index (χ1) is 13.2. The van der Waals surface area contributed by atoms with E-state index in [9.17, 15) is 4.79 Å². The number of halogens is 2. The van der Waals surface area contributed by atoms with E-state index < -0.39 is 31.8 Å². The summed E-state index contributed by atoms with van der Waals surface area (Å²) in [6.07, 6.45) is 2.74. The second-order valence-corrected chi connectivity index (χ2v) is 12.4. The molecule has 7 nitrogen and oxygen atoms in total. The second-order valence-electron chi connectivity index (χ2n) is 6.88. The van der Waals surface area contributed by atoms with Crippen molar-refractivity contribution >= 4 is 55.5 Å². The minimum absolute atomic E-state index is 0.00600. The zero-order chi connectivity index (χ0) is 20.5. The fourth-order valence-electron chi connectivity index (χ4n) is 2.61. The number of fused-ring (bicyclic) bond motifs is 1. The van der Waals surface area contributed by atoms with E-state index in [0.29, 0.717) is 11.4 Å². The Balaban J connectivity index is 2.12. The zero-order valence-corrected chi connectivity index (χ0v) is 19.3. The summed E-state index contributed by atoms with van der Waals surface area (Å²) < 4.78 is 18.0. The van der Waals surface area contributed by atoms with Gasteiger partial charge < -0.3 is 0 Å². The number of alkyl halides is 1. The minimum atomic E-state index is -1.49. The molecule has 2 aromatic rings. The van der Waals surface area contributed by atoms with Crippen LogP contribution < -0.4 is 9.64 Å². The standard InChI is InChI=1S/C19H22ClIN4O3/c1-6-21-14-8-7-13(9-12(14)10-23-21)25(18(26)28-19(2,3)4)16-15(27-5)11-22-17(20)24-16/h7-11H,6H2,1-5H3. The molecule has 0 bridgehead atoms. The van der Waals surface area contributed by atoms with E-state index in [2.05, 4.69) is 20.1 Å². The molecule has 150 valence electrons. The summed E-state index contributed by atoms with van der Waals surface area (Å²) in [5.74, 6) is 0.531. The first kappa shape index (κ1) is 20.8. The van der Waals surface area contributed by atoms with Gasteiger partial charge in [0.2, 0.25) is 0 Å². The van der Waals surface area contributed by atoms with Crippen molar-refractivity contribution in [1.29, 1.82) is 0 Å². The van der Waals surface area contributed by atoms with Crippen LogP contribution in [0, 0.1) is 3.57 Å². The monoisotopic (exact) mass is 516 g/mol. The molecule has 1 aliphatic heterocycles. The van der Waals surface area contributed by atoms with E-state index in [1.54, 1.807) is 20.8 Å². The Hall–Kier alpha value is -1.94. The van der Waals surface area contributed by atoms with Gasteiger partial charge in [-0.15, -0.1) is 0 Å². The molecule has 2 heterocycles. The van der Waals surface area contributed by atoms with Crippen LogP contribution >= 0.6 is 31.7 Å². The second kappa shape index (κ2) is 8.20. The maximum absolute atomic E-state index is 13.1. The first-order valence-corrected chi connectivity index (χ1v) is 12.6. The molecule has 28 heavy (non-hydrogen) atoms. The molecule has 1 aliphatic rings. The van der Waals surface area contributed by atoms with Crippen molar-refractivity contribution in [2.45, 2.75) is 33.3 Å². The molecule has 0 saturated carbocycles. The maximum atomic E-state index is 13.1. The molecule has 1 amide bonds. The molecule has 1 aromatic carbocycles. The van der Waals surface area contributed by atoms with Gasteiger partial charge in [-0.1, -0.05) is 0 Å². The number of carbonyl (C=O) groups excluding carboxylic acids is 1. The predicted octanol–water partition coefficient (Wildman–Crippen LogP) is 5.26. The molecular weight excluding hydrogens is 495 g/mol. The topological polar surface area (TPSA) is 76.9 Å². The number of benzene rings is 1. The number of nitrogens with zero attached hydrogens (tertiary/aromatic N) is 4. The van der Waals surface area contributed by atoms with Gasteiger partial charge in [0.25, 0.3) is 0 Å². The van der Waals surface area contributed by atoms with Crippen molar-refractivity contribution in [3.8, 4) is 5.75 Å². The van der Waals surface area contributed by atoms with Gasteiger partial charge in [-0.3, -0.25) is 0 Å². The van der Waals surface area contributed by atoms with Crippen molar-refractivity contribution < 1.29 is 14.3 Å². The molecule has 0 unspecified atom stereocenters. The number of ether oxygens (including phenoxy) is 2. The van der Waals surface area contributed by atoms with Crippen LogP contribution in [0.25, 0.3) is 0 Å². The molecular formula is C19H22ClIN4O3. The Morgan fingerprint density at radius 3 is 2.71 bits per heavy atom. The number of rotatable bonds is 4. The number of anilines is 2. The predicted molar refractivity (Wildman–Crippen MR) is 119 cm³/mol. The van der Waals surface area contributed by atoms with E-state index in [0.717, 1.165) is 9.99 Å². The summed E-state index contributed by atoms with van der Waals surface area (Å²) in [6, 6.07) is 5.84. The molecule has 1 aromatic heterocycles. The normalized spacial score (nSPS) is 14.0. The van der Waals surface area contributed by atoms with Gasteiger partial charge in [0, 0.05) is 0 Å². The van der Waals surface area contributed by atoms with Crippen molar-refractivity contribution in [3.63, 3.8) is 0 Å². The number of hydrogen-bond acceptors (Lipinski definition) is 6. The van der Waals surface area contributed by atoms with Crippen LogP contribution in [0.3, 0.4) is 0 Å². The van der Waals surface area contributed by atoms with Gasteiger partial charge in [-0.2, -0.15) is 0 Å². The fourth-order valence-corrected chi connectivity index (χ4v) is 6.50. The summed E-state index contributed by atoms with van der Waals surface area (Å²) in [4.78, 5) is 22.6. The average Bonchev–Trinajstić information content (AvgIpc) is 3.03. The van der Waals surface area contributed by atoms with Gasteiger partial charge in [-0.05, 0) is 0 Å². The molecule has 0 spiro atoms. The van der Waals surface area contributed by atoms with E-state index in [-0.39, 0.29) is 11.1 Å². The summed E-state index contributed by atoms with van der Waals surface area (Å²) >= 11 is 4.51. The van der Waals surface area contributed by atoms with E-state index >= 15 is 0 Å². The Labute approximate surface area is 176 Å². The van der Waals surface area contributed by atoms with Crippen LogP contribution in [-0.2, 0) is 4.74 Å². The summed E-state index contributed by atoms with van der Waals surface area (Å²) in [5, 5.41) is 0.00600. The molecule has 3 rings (SSSR count). The molecule has 0 radical (unpaired) electrons. The third-order valence-electron chi connectivity index (χ3n) is 3.75. The Kier molecular flexibility index (Phi) is 6.09. The van der Waals surface area contributed by atoms with Gasteiger partial charge in [0.1, 0.15) is 0 Å². The van der Waals surface area contributed by atoms with E-state index in [4.69, 9.17) is 21.1 Å². The molecule has 0 atom stereocenters. The van der Waals surface area contributed by atoms with Crippen LogP contribution in [0.2, 0.25) is 5.28 Å². The molecule has 0 saturated heterocycles. The fraction of sp³-hybridized carbons (Fsp3) is 0.368. The van der Waals surface area contributed by atoms with Crippen LogP contribution in [0.4, 0.5) is 16.3 Å². The first-order valence-electron chi connectivity index (χ1n) is 8.67. The third kappa shape index (κ3) is 4.38. The van der Waals surface area contributed by atoms with Crippen molar-refractivity contribution in [2.24, 2.45) is 3.21 Å². The molecule has 0 fully saturated rings. The van der Waals surface area contributed by atoms with Crippen LogP contribution in [-0.4, -0.2) is 39.4 Å². The Bertz CT molecular complexity index is 930. The zero-order valence-electron chi connectivity index (χ0n) is 16.4. The number of hydrogen-bond donors (Lipinski definition) is 0. The average molecular weight is 517 g/mol. The SMILES string of the molecule is CCI1N=Cc2cc(N(C(=O)OC(C)(C)C)c3nc(Cl)ncc3OC)ccc21. The molecule has 9 heteroatoms. The van der Waals surface area contributed by atoms with Gasteiger partial charge in [0.15, 0.2) is 0 Å². The number of aromatic nitrogens is 2. The molecule has 0 aliphatic carbocycles. The number of amides is 1. The summed E-state index contributed by atoms with van der Waals surface area (Å²) in [5.41, 5.74) is 0.942. The van der Waals surface area contributed by atoms with E-state index in [1.807, 2.05) is 24.4 Å². The quantitative estimate of drug-likeness (QED) is 0.315. The third-order valence-corrected chi connectivity index (χ3v) is 8.65. The number of methoxy groups -OCH3 is 1. The van der Waals surface area contributed by atoms with Crippen molar-refractivity contribution in [1.82, 2.24) is 9.97 Å². The number of carbonyl (C=O) groups is 1. The van der Waals surface area contributed by atoms with Gasteiger partial charge in [0.05, 0.1) is 0 Å². The van der Waals surface area contributed by atoms with Crippen molar-refractivity contribution in [2.75, 3.05) is 16.4 Å².